The summed E-state index contributed by atoms with van der Waals surface area (Å²) in [6.07, 6.45) is 7.14. The average molecular weight is 420 g/mol. The Kier molecular flexibility index (Phi) is 6.79. The number of hydrogen-bond acceptors (Lipinski definition) is 2. The van der Waals surface area contributed by atoms with Gasteiger partial charge in [-0.15, -0.1) is 0 Å². The molecule has 1 aliphatic rings. The molecule has 3 nitrogen and oxygen atoms in total. The fourth-order valence-electron chi connectivity index (χ4n) is 4.09. The predicted molar refractivity (Wildman–Crippen MR) is 126 cm³/mol. The van der Waals surface area contributed by atoms with Crippen molar-refractivity contribution in [1.82, 2.24) is 0 Å². The van der Waals surface area contributed by atoms with Crippen molar-refractivity contribution in [3.63, 3.8) is 0 Å². The molecule has 0 bridgehead atoms. The molecule has 1 aliphatic carbocycles. The Balaban J connectivity index is 1.81. The lowest BCUT2D eigenvalue weighted by Gasteiger charge is -2.33. The Morgan fingerprint density at radius 2 is 1.87 bits per heavy atom. The minimum Gasteiger partial charge on any atom is -0.507 e. The molecule has 31 heavy (non-hydrogen) atoms. The van der Waals surface area contributed by atoms with Gasteiger partial charge in [0, 0.05) is 11.3 Å². The van der Waals surface area contributed by atoms with E-state index in [2.05, 4.69) is 26.1 Å². The minimum atomic E-state index is -0.504. The Morgan fingerprint density at radius 3 is 2.52 bits per heavy atom. The molecule has 162 valence electrons. The van der Waals surface area contributed by atoms with Crippen LogP contribution < -0.4 is 5.32 Å². The molecule has 0 radical (unpaired) electrons. The quantitative estimate of drug-likeness (QED) is 0.495. The molecule has 0 heterocycles. The number of carbonyl (C=O) groups excluding carboxylic acids is 1. The highest BCUT2D eigenvalue weighted by atomic mass is 19.1. The molecule has 0 saturated carbocycles. The lowest BCUT2D eigenvalue weighted by atomic mass is 9.72. The first-order chi connectivity index (χ1) is 14.7. The van der Waals surface area contributed by atoms with Gasteiger partial charge in [0.05, 0.1) is 5.56 Å². The number of para-hydroxylation sites is 1. The van der Waals surface area contributed by atoms with Gasteiger partial charge in [0.1, 0.15) is 11.6 Å². The fourth-order valence-corrected chi connectivity index (χ4v) is 4.09. The SMILES string of the molecule is CC(C=CC1=C(C)CCCC1(C)C)=C(F)c1ccc(C(=O)Nc2ccccc2)cc1O. The fraction of sp³-hybridized carbons (Fsp3) is 0.296. The van der Waals surface area contributed by atoms with Crippen LogP contribution in [0.2, 0.25) is 0 Å². The molecule has 1 amide bonds. The molecule has 0 aliphatic heterocycles. The summed E-state index contributed by atoms with van der Waals surface area (Å²) in [6.45, 7) is 8.26. The summed E-state index contributed by atoms with van der Waals surface area (Å²) >= 11 is 0. The van der Waals surface area contributed by atoms with Gasteiger partial charge in [-0.1, -0.05) is 49.8 Å². The maximum absolute atomic E-state index is 15.1. The molecule has 0 spiro atoms. The number of allylic oxidation sites excluding steroid dienone is 5. The highest BCUT2D eigenvalue weighted by Gasteiger charge is 2.26. The maximum Gasteiger partial charge on any atom is 0.255 e. The first-order valence-electron chi connectivity index (χ1n) is 10.6. The molecule has 2 aromatic rings. The monoisotopic (exact) mass is 419 g/mol. The molecule has 2 aromatic carbocycles. The summed E-state index contributed by atoms with van der Waals surface area (Å²) in [7, 11) is 0. The lowest BCUT2D eigenvalue weighted by Crippen LogP contribution is -2.19. The smallest absolute Gasteiger partial charge is 0.255 e. The topological polar surface area (TPSA) is 49.3 Å². The van der Waals surface area contributed by atoms with Crippen LogP contribution in [0.5, 0.6) is 5.75 Å². The van der Waals surface area contributed by atoms with E-state index >= 15 is 4.39 Å². The normalized spacial score (nSPS) is 16.9. The van der Waals surface area contributed by atoms with E-state index in [1.807, 2.05) is 24.3 Å². The van der Waals surface area contributed by atoms with Crippen LogP contribution in [0.15, 0.2) is 77.4 Å². The zero-order chi connectivity index (χ0) is 22.6. The van der Waals surface area contributed by atoms with Gasteiger partial charge in [0.2, 0.25) is 0 Å². The number of phenolic OH excluding ortho intramolecular Hbond substituents is 1. The van der Waals surface area contributed by atoms with Crippen LogP contribution >= 0.6 is 0 Å². The predicted octanol–water partition coefficient (Wildman–Crippen LogP) is 7.43. The van der Waals surface area contributed by atoms with E-state index in [1.165, 1.54) is 35.8 Å². The zero-order valence-corrected chi connectivity index (χ0v) is 18.6. The van der Waals surface area contributed by atoms with Crippen molar-refractivity contribution in [2.75, 3.05) is 5.32 Å². The van der Waals surface area contributed by atoms with E-state index in [1.54, 1.807) is 25.1 Å². The Hall–Kier alpha value is -3.14. The molecular weight excluding hydrogens is 389 g/mol. The van der Waals surface area contributed by atoms with E-state index in [9.17, 15) is 9.90 Å². The van der Waals surface area contributed by atoms with Crippen LogP contribution in [0.3, 0.4) is 0 Å². The molecule has 3 rings (SSSR count). The molecule has 2 N–H and O–H groups in total. The van der Waals surface area contributed by atoms with E-state index in [0.717, 1.165) is 12.8 Å². The van der Waals surface area contributed by atoms with Crippen molar-refractivity contribution in [2.45, 2.75) is 47.0 Å². The van der Waals surface area contributed by atoms with Gasteiger partial charge in [-0.3, -0.25) is 4.79 Å². The molecule has 0 atom stereocenters. The van der Waals surface area contributed by atoms with E-state index < -0.39 is 5.83 Å². The van der Waals surface area contributed by atoms with Crippen molar-refractivity contribution in [3.8, 4) is 5.75 Å². The van der Waals surface area contributed by atoms with Crippen molar-refractivity contribution >= 4 is 17.4 Å². The van der Waals surface area contributed by atoms with Crippen LogP contribution in [0, 0.1) is 5.41 Å². The molecule has 0 saturated heterocycles. The van der Waals surface area contributed by atoms with Crippen LogP contribution in [-0.4, -0.2) is 11.0 Å². The molecular formula is C27H30FNO2. The number of rotatable bonds is 5. The molecule has 4 heteroatoms. The van der Waals surface area contributed by atoms with Crippen LogP contribution in [0.4, 0.5) is 10.1 Å². The number of nitrogens with one attached hydrogen (secondary N) is 1. The van der Waals surface area contributed by atoms with Crippen LogP contribution in [0.1, 0.15) is 62.9 Å². The van der Waals surface area contributed by atoms with Crippen LogP contribution in [-0.2, 0) is 0 Å². The zero-order valence-electron chi connectivity index (χ0n) is 18.6. The summed E-state index contributed by atoms with van der Waals surface area (Å²) < 4.78 is 15.1. The Bertz CT molecular complexity index is 1060. The maximum atomic E-state index is 15.1. The summed E-state index contributed by atoms with van der Waals surface area (Å²) in [5.74, 6) is -1.13. The van der Waals surface area contributed by atoms with Gasteiger partial charge >= 0.3 is 0 Å². The van der Waals surface area contributed by atoms with Crippen molar-refractivity contribution < 1.29 is 14.3 Å². The highest BCUT2D eigenvalue weighted by molar-refractivity contribution is 6.04. The van der Waals surface area contributed by atoms with Gasteiger partial charge in [0.25, 0.3) is 5.91 Å². The van der Waals surface area contributed by atoms with Crippen molar-refractivity contribution in [1.29, 1.82) is 0 Å². The third-order valence-electron chi connectivity index (χ3n) is 5.92. The van der Waals surface area contributed by atoms with Crippen molar-refractivity contribution in [3.05, 3.63) is 88.5 Å². The second kappa shape index (κ2) is 9.34. The number of amides is 1. The van der Waals surface area contributed by atoms with Crippen LogP contribution in [0.25, 0.3) is 5.83 Å². The molecule has 0 fully saturated rings. The number of aromatic hydroxyl groups is 1. The summed E-state index contributed by atoms with van der Waals surface area (Å²) in [5, 5.41) is 13.1. The number of phenols is 1. The standard InChI is InChI=1S/C27H30FNO2/c1-18-9-8-16-27(3,4)23(18)15-12-19(2)25(28)22-14-13-20(17-24(22)30)26(31)29-21-10-6-5-7-11-21/h5-7,10-15,17,30H,8-9,16H2,1-4H3,(H,29,31). The Morgan fingerprint density at radius 1 is 1.16 bits per heavy atom. The van der Waals surface area contributed by atoms with Gasteiger partial charge < -0.3 is 10.4 Å². The van der Waals surface area contributed by atoms with Gasteiger partial charge in [-0.05, 0) is 80.0 Å². The summed E-state index contributed by atoms with van der Waals surface area (Å²) in [4.78, 5) is 12.4. The number of carbonyl (C=O) groups is 1. The Labute approximate surface area is 184 Å². The van der Waals surface area contributed by atoms with E-state index in [-0.39, 0.29) is 28.2 Å². The van der Waals surface area contributed by atoms with E-state index in [0.29, 0.717) is 11.3 Å². The largest absolute Gasteiger partial charge is 0.507 e. The van der Waals surface area contributed by atoms with Crippen molar-refractivity contribution in [2.24, 2.45) is 5.41 Å². The van der Waals surface area contributed by atoms with E-state index in [4.69, 9.17) is 0 Å². The molecule has 0 unspecified atom stereocenters. The number of halogens is 1. The minimum absolute atomic E-state index is 0.0749. The van der Waals surface area contributed by atoms with Gasteiger partial charge in [-0.2, -0.15) is 0 Å². The first-order valence-corrected chi connectivity index (χ1v) is 10.6. The lowest BCUT2D eigenvalue weighted by molar-refractivity contribution is 0.102. The number of anilines is 1. The van der Waals surface area contributed by atoms with Gasteiger partial charge in [-0.25, -0.2) is 4.39 Å². The second-order valence-corrected chi connectivity index (χ2v) is 8.81. The average Bonchev–Trinajstić information content (AvgIpc) is 2.73. The first kappa shape index (κ1) is 22.5. The number of hydrogen-bond donors (Lipinski definition) is 2. The third-order valence-corrected chi connectivity index (χ3v) is 5.92. The third kappa shape index (κ3) is 5.32. The summed E-state index contributed by atoms with van der Waals surface area (Å²) in [6, 6.07) is 13.3. The number of benzene rings is 2. The van der Waals surface area contributed by atoms with Gasteiger partial charge in [0.15, 0.2) is 0 Å². The molecule has 0 aromatic heterocycles. The highest BCUT2D eigenvalue weighted by Crippen LogP contribution is 2.41. The summed E-state index contributed by atoms with van der Waals surface area (Å²) in [5.41, 5.74) is 4.09. The second-order valence-electron chi connectivity index (χ2n) is 8.81.